The van der Waals surface area contributed by atoms with Crippen LogP contribution in [0, 0.1) is 5.92 Å². The zero-order valence-electron chi connectivity index (χ0n) is 15.0. The minimum absolute atomic E-state index is 0.266. The Kier molecular flexibility index (Phi) is 7.06. The third-order valence-corrected chi connectivity index (χ3v) is 4.66. The molecule has 0 aromatic heterocycles. The van der Waals surface area contributed by atoms with E-state index in [1.54, 1.807) is 0 Å². The number of urea groups is 1. The van der Waals surface area contributed by atoms with Crippen molar-refractivity contribution in [1.29, 1.82) is 0 Å². The molecule has 1 aliphatic rings. The molecule has 0 aliphatic carbocycles. The lowest BCUT2D eigenvalue weighted by molar-refractivity contribution is -0.143. The number of piperidine rings is 1. The molecule has 2 amide bonds. The Morgan fingerprint density at radius 2 is 2.00 bits per heavy atom. The number of amides is 2. The predicted octanol–water partition coefficient (Wildman–Crippen LogP) is 3.29. The quantitative estimate of drug-likeness (QED) is 0.784. The second kappa shape index (κ2) is 9.07. The normalized spacial score (nSPS) is 16.8. The number of rotatable bonds is 6. The first-order chi connectivity index (χ1) is 12.7. The predicted molar refractivity (Wildman–Crippen MR) is 91.1 cm³/mol. The topological polar surface area (TPSA) is 78.9 Å². The number of alkyl halides is 3. The van der Waals surface area contributed by atoms with Crippen LogP contribution < -0.4 is 5.32 Å². The molecule has 1 aliphatic heterocycles. The van der Waals surface area contributed by atoms with Crippen LogP contribution in [0.3, 0.4) is 0 Å². The van der Waals surface area contributed by atoms with Crippen molar-refractivity contribution in [2.75, 3.05) is 26.8 Å². The summed E-state index contributed by atoms with van der Waals surface area (Å²) in [6.07, 6.45) is -3.44. The molecule has 1 aromatic carbocycles. The first-order valence-electron chi connectivity index (χ1n) is 8.66. The molecule has 0 spiro atoms. The molecule has 2 N–H and O–H groups in total. The molecule has 1 aromatic rings. The van der Waals surface area contributed by atoms with Crippen molar-refractivity contribution in [1.82, 2.24) is 10.2 Å². The number of benzene rings is 1. The van der Waals surface area contributed by atoms with Crippen LogP contribution in [0.4, 0.5) is 18.0 Å². The third-order valence-electron chi connectivity index (χ3n) is 4.66. The number of nitrogens with one attached hydrogen (secondary N) is 1. The Morgan fingerprint density at radius 1 is 1.33 bits per heavy atom. The number of methoxy groups -OCH3 is 1. The van der Waals surface area contributed by atoms with Crippen molar-refractivity contribution < 1.29 is 32.6 Å². The van der Waals surface area contributed by atoms with Gasteiger partial charge in [0, 0.05) is 26.8 Å². The summed E-state index contributed by atoms with van der Waals surface area (Å²) in [5, 5.41) is 11.8. The molecule has 1 heterocycles. The summed E-state index contributed by atoms with van der Waals surface area (Å²) >= 11 is 0. The van der Waals surface area contributed by atoms with Gasteiger partial charge in [0.2, 0.25) is 0 Å². The fourth-order valence-corrected chi connectivity index (χ4v) is 3.06. The van der Waals surface area contributed by atoms with Gasteiger partial charge in [-0.05, 0) is 37.0 Å². The Balaban J connectivity index is 2.08. The Labute approximate surface area is 155 Å². The fraction of sp³-hybridized carbons (Fsp3) is 0.556. The molecule has 2 rings (SSSR count). The Bertz CT molecular complexity index is 658. The number of carbonyl (C=O) groups excluding carboxylic acids is 1. The molecule has 0 saturated carbocycles. The number of likely N-dealkylation sites (tertiary alicyclic amines) is 1. The lowest BCUT2D eigenvalue weighted by Gasteiger charge is -2.32. The fourth-order valence-electron chi connectivity index (χ4n) is 3.06. The lowest BCUT2D eigenvalue weighted by Crippen LogP contribution is -2.46. The van der Waals surface area contributed by atoms with E-state index in [1.165, 1.54) is 24.1 Å². The summed E-state index contributed by atoms with van der Waals surface area (Å²) in [5.41, 5.74) is -0.436. The first-order valence-corrected chi connectivity index (χ1v) is 8.66. The van der Waals surface area contributed by atoms with E-state index < -0.39 is 35.7 Å². The molecular weight excluding hydrogens is 365 g/mol. The summed E-state index contributed by atoms with van der Waals surface area (Å²) < 4.78 is 43.9. The van der Waals surface area contributed by atoms with Crippen LogP contribution in [0.5, 0.6) is 0 Å². The van der Waals surface area contributed by atoms with Crippen molar-refractivity contribution >= 4 is 12.0 Å². The highest BCUT2D eigenvalue weighted by atomic mass is 19.4. The largest absolute Gasteiger partial charge is 0.481 e. The van der Waals surface area contributed by atoms with E-state index in [2.05, 4.69) is 5.32 Å². The van der Waals surface area contributed by atoms with Crippen molar-refractivity contribution in [3.63, 3.8) is 0 Å². The van der Waals surface area contributed by atoms with Gasteiger partial charge in [-0.25, -0.2) is 4.79 Å². The summed E-state index contributed by atoms with van der Waals surface area (Å²) in [6.45, 7) is 0.854. The maximum absolute atomic E-state index is 13.0. The van der Waals surface area contributed by atoms with Gasteiger partial charge in [-0.1, -0.05) is 12.1 Å². The SMILES string of the molecule is COCCC(NC(=O)N1CCC(C(=O)O)CC1)c1cccc(C(F)(F)F)c1. The smallest absolute Gasteiger partial charge is 0.416 e. The van der Waals surface area contributed by atoms with E-state index in [4.69, 9.17) is 9.84 Å². The van der Waals surface area contributed by atoms with Crippen LogP contribution in [-0.4, -0.2) is 48.8 Å². The van der Waals surface area contributed by atoms with Gasteiger partial charge in [0.1, 0.15) is 0 Å². The molecule has 9 heteroatoms. The zero-order valence-corrected chi connectivity index (χ0v) is 15.0. The number of carboxylic acid groups (broad SMARTS) is 1. The highest BCUT2D eigenvalue weighted by Gasteiger charge is 2.32. The van der Waals surface area contributed by atoms with E-state index >= 15 is 0 Å². The van der Waals surface area contributed by atoms with Crippen LogP contribution in [0.25, 0.3) is 0 Å². The van der Waals surface area contributed by atoms with Crippen LogP contribution in [0.2, 0.25) is 0 Å². The number of hydrogen-bond acceptors (Lipinski definition) is 3. The van der Waals surface area contributed by atoms with Gasteiger partial charge in [-0.2, -0.15) is 13.2 Å². The lowest BCUT2D eigenvalue weighted by atomic mass is 9.97. The van der Waals surface area contributed by atoms with Crippen molar-refractivity contribution in [3.8, 4) is 0 Å². The van der Waals surface area contributed by atoms with Gasteiger partial charge >= 0.3 is 18.2 Å². The first kappa shape index (κ1) is 21.0. The molecule has 1 saturated heterocycles. The summed E-state index contributed by atoms with van der Waals surface area (Å²) in [4.78, 5) is 25.0. The molecule has 27 heavy (non-hydrogen) atoms. The van der Waals surface area contributed by atoms with Gasteiger partial charge in [0.05, 0.1) is 17.5 Å². The summed E-state index contributed by atoms with van der Waals surface area (Å²) in [5.74, 6) is -1.35. The van der Waals surface area contributed by atoms with Gasteiger partial charge in [0.25, 0.3) is 0 Å². The summed E-state index contributed by atoms with van der Waals surface area (Å²) in [7, 11) is 1.47. The molecule has 1 atom stereocenters. The average Bonchev–Trinajstić information content (AvgIpc) is 2.64. The zero-order chi connectivity index (χ0) is 20.0. The number of hydrogen-bond donors (Lipinski definition) is 2. The molecule has 6 nitrogen and oxygen atoms in total. The number of aliphatic carboxylic acids is 1. The average molecular weight is 388 g/mol. The molecular formula is C18H23F3N2O4. The highest BCUT2D eigenvalue weighted by molar-refractivity contribution is 5.76. The number of ether oxygens (including phenoxy) is 1. The number of carbonyl (C=O) groups is 2. The third kappa shape index (κ3) is 5.85. The number of nitrogens with zero attached hydrogens (tertiary/aromatic N) is 1. The summed E-state index contributed by atoms with van der Waals surface area (Å²) in [6, 6.07) is 3.79. The van der Waals surface area contributed by atoms with E-state index in [0.717, 1.165) is 12.1 Å². The second-order valence-electron chi connectivity index (χ2n) is 6.51. The van der Waals surface area contributed by atoms with Gasteiger partial charge < -0.3 is 20.1 Å². The van der Waals surface area contributed by atoms with E-state index in [-0.39, 0.29) is 6.61 Å². The molecule has 150 valence electrons. The van der Waals surface area contributed by atoms with Crippen molar-refractivity contribution in [2.24, 2.45) is 5.92 Å². The minimum atomic E-state index is -4.47. The number of halogens is 3. The number of carboxylic acids is 1. The van der Waals surface area contributed by atoms with Crippen LogP contribution in [0.15, 0.2) is 24.3 Å². The van der Waals surface area contributed by atoms with E-state index in [0.29, 0.717) is 37.9 Å². The van der Waals surface area contributed by atoms with E-state index in [1.807, 2.05) is 0 Å². The standard InChI is InChI=1S/C18H23F3N2O4/c1-27-10-7-15(13-3-2-4-14(11-13)18(19,20)21)22-17(26)23-8-5-12(6-9-23)16(24)25/h2-4,11-12,15H,5-10H2,1H3,(H,22,26)(H,24,25). The highest BCUT2D eigenvalue weighted by Crippen LogP contribution is 2.31. The van der Waals surface area contributed by atoms with Crippen LogP contribution in [-0.2, 0) is 15.7 Å². The van der Waals surface area contributed by atoms with Crippen molar-refractivity contribution in [2.45, 2.75) is 31.5 Å². The molecule has 1 fully saturated rings. The van der Waals surface area contributed by atoms with Gasteiger partial charge in [-0.15, -0.1) is 0 Å². The Hall–Kier alpha value is -2.29. The second-order valence-corrected chi connectivity index (χ2v) is 6.51. The maximum Gasteiger partial charge on any atom is 0.416 e. The Morgan fingerprint density at radius 3 is 2.56 bits per heavy atom. The maximum atomic E-state index is 13.0. The molecule has 0 bridgehead atoms. The monoisotopic (exact) mass is 388 g/mol. The molecule has 0 radical (unpaired) electrons. The minimum Gasteiger partial charge on any atom is -0.481 e. The van der Waals surface area contributed by atoms with Gasteiger partial charge in [-0.3, -0.25) is 4.79 Å². The molecule has 1 unspecified atom stereocenters. The van der Waals surface area contributed by atoms with E-state index in [9.17, 15) is 22.8 Å². The van der Waals surface area contributed by atoms with Crippen LogP contribution in [0.1, 0.15) is 36.4 Å². The van der Waals surface area contributed by atoms with Gasteiger partial charge in [0.15, 0.2) is 0 Å². The van der Waals surface area contributed by atoms with Crippen molar-refractivity contribution in [3.05, 3.63) is 35.4 Å². The van der Waals surface area contributed by atoms with Crippen LogP contribution >= 0.6 is 0 Å².